The van der Waals surface area contributed by atoms with Gasteiger partial charge in [-0.2, -0.15) is 0 Å². The van der Waals surface area contributed by atoms with E-state index in [1.807, 2.05) is 32.0 Å². The summed E-state index contributed by atoms with van der Waals surface area (Å²) in [6.07, 6.45) is 2.60. The van der Waals surface area contributed by atoms with E-state index in [2.05, 4.69) is 11.9 Å². The normalized spacial score (nSPS) is 15.8. The lowest BCUT2D eigenvalue weighted by Crippen LogP contribution is -2.10. The van der Waals surface area contributed by atoms with Crippen molar-refractivity contribution in [2.75, 3.05) is 6.61 Å². The number of aliphatic imine (C=N–C) groups is 1. The number of cyclic esters (lactones) is 1. The zero-order chi connectivity index (χ0) is 21.0. The molecule has 2 aromatic rings. The van der Waals surface area contributed by atoms with Crippen molar-refractivity contribution in [2.24, 2.45) is 4.99 Å². The van der Waals surface area contributed by atoms with Crippen LogP contribution in [-0.4, -0.2) is 24.6 Å². The minimum atomic E-state index is -0.538. The second-order valence-electron chi connectivity index (χ2n) is 6.44. The Morgan fingerprint density at radius 1 is 1.10 bits per heavy atom. The molecule has 5 nitrogen and oxygen atoms in total. The molecule has 0 saturated heterocycles. The Labute approximate surface area is 179 Å². The fourth-order valence-corrected chi connectivity index (χ4v) is 2.90. The van der Waals surface area contributed by atoms with Crippen LogP contribution in [0.5, 0.6) is 11.5 Å². The summed E-state index contributed by atoms with van der Waals surface area (Å²) in [6.45, 7) is 6.46. The third kappa shape index (κ3) is 5.11. The van der Waals surface area contributed by atoms with Gasteiger partial charge in [0.2, 0.25) is 5.90 Å². The first-order valence-corrected chi connectivity index (χ1v) is 10.1. The monoisotopic (exact) mass is 433 g/mol. The summed E-state index contributed by atoms with van der Waals surface area (Å²) in [4.78, 5) is 16.6. The van der Waals surface area contributed by atoms with Crippen LogP contribution in [0.4, 0.5) is 0 Å². The molecule has 29 heavy (non-hydrogen) atoms. The van der Waals surface area contributed by atoms with Gasteiger partial charge in [-0.15, -0.1) is 0 Å². The fourth-order valence-electron chi connectivity index (χ4n) is 2.60. The molecule has 1 unspecified atom stereocenters. The number of hydrogen-bond donors (Lipinski definition) is 0. The van der Waals surface area contributed by atoms with Gasteiger partial charge in [0.25, 0.3) is 0 Å². The summed E-state index contributed by atoms with van der Waals surface area (Å²) >= 11 is 12.0. The molecule has 0 radical (unpaired) electrons. The summed E-state index contributed by atoms with van der Waals surface area (Å²) < 4.78 is 16.9. The molecule has 1 heterocycles. The van der Waals surface area contributed by atoms with Crippen LogP contribution >= 0.6 is 23.2 Å². The largest absolute Gasteiger partial charge is 0.490 e. The molecule has 0 aliphatic carbocycles. The summed E-state index contributed by atoms with van der Waals surface area (Å²) in [5.74, 6) is 0.921. The van der Waals surface area contributed by atoms with Crippen molar-refractivity contribution in [3.63, 3.8) is 0 Å². The molecule has 152 valence electrons. The average molecular weight is 434 g/mol. The zero-order valence-electron chi connectivity index (χ0n) is 16.4. The highest BCUT2D eigenvalue weighted by atomic mass is 35.5. The van der Waals surface area contributed by atoms with E-state index in [0.29, 0.717) is 33.7 Å². The summed E-state index contributed by atoms with van der Waals surface area (Å²) in [5, 5.41) is 0.776. The Hall–Kier alpha value is -2.50. The van der Waals surface area contributed by atoms with Crippen LogP contribution in [0.1, 0.15) is 38.3 Å². The molecule has 1 aliphatic rings. The molecule has 0 saturated carbocycles. The standard InChI is InChI=1S/C22H21Cl2NO4/c1-4-13(3)28-19-9-6-14(11-20(19)27-5-2)10-18-22(26)29-21(25-18)15-7-8-16(23)17(24)12-15/h6-13H,4-5H2,1-3H3/b18-10-. The van der Waals surface area contributed by atoms with Crippen LogP contribution in [0.25, 0.3) is 6.08 Å². The van der Waals surface area contributed by atoms with Crippen molar-refractivity contribution in [1.82, 2.24) is 0 Å². The highest BCUT2D eigenvalue weighted by Crippen LogP contribution is 2.31. The summed E-state index contributed by atoms with van der Waals surface area (Å²) in [6, 6.07) is 10.4. The topological polar surface area (TPSA) is 57.1 Å². The summed E-state index contributed by atoms with van der Waals surface area (Å²) in [7, 11) is 0. The predicted octanol–water partition coefficient (Wildman–Crippen LogP) is 5.91. The molecule has 1 atom stereocenters. The molecule has 0 N–H and O–H groups in total. The number of rotatable bonds is 7. The maximum absolute atomic E-state index is 12.3. The highest BCUT2D eigenvalue weighted by molar-refractivity contribution is 6.42. The van der Waals surface area contributed by atoms with Gasteiger partial charge < -0.3 is 14.2 Å². The van der Waals surface area contributed by atoms with Crippen LogP contribution in [-0.2, 0) is 9.53 Å². The molecule has 7 heteroatoms. The third-order valence-corrected chi connectivity index (χ3v) is 5.00. The zero-order valence-corrected chi connectivity index (χ0v) is 17.9. The maximum Gasteiger partial charge on any atom is 0.363 e. The van der Waals surface area contributed by atoms with Crippen molar-refractivity contribution >= 4 is 41.1 Å². The number of nitrogens with zero attached hydrogens (tertiary/aromatic N) is 1. The first kappa shape index (κ1) is 21.2. The second-order valence-corrected chi connectivity index (χ2v) is 7.26. The van der Waals surface area contributed by atoms with Gasteiger partial charge in [0.1, 0.15) is 0 Å². The quantitative estimate of drug-likeness (QED) is 0.401. The van der Waals surface area contributed by atoms with Gasteiger partial charge >= 0.3 is 5.97 Å². The van der Waals surface area contributed by atoms with Crippen LogP contribution in [0, 0.1) is 0 Å². The van der Waals surface area contributed by atoms with Gasteiger partial charge in [-0.25, -0.2) is 9.79 Å². The highest BCUT2D eigenvalue weighted by Gasteiger charge is 2.24. The van der Waals surface area contributed by atoms with Gasteiger partial charge in [0.05, 0.1) is 22.8 Å². The number of ether oxygens (including phenoxy) is 3. The molecule has 0 bridgehead atoms. The Balaban J connectivity index is 1.90. The lowest BCUT2D eigenvalue weighted by molar-refractivity contribution is -0.129. The van der Waals surface area contributed by atoms with Crippen molar-refractivity contribution < 1.29 is 19.0 Å². The first-order valence-electron chi connectivity index (χ1n) is 9.32. The lowest BCUT2D eigenvalue weighted by atomic mass is 10.1. The molecular weight excluding hydrogens is 413 g/mol. The van der Waals surface area contributed by atoms with E-state index in [4.69, 9.17) is 37.4 Å². The molecule has 0 fully saturated rings. The van der Waals surface area contributed by atoms with Crippen LogP contribution in [0.3, 0.4) is 0 Å². The van der Waals surface area contributed by atoms with Crippen LogP contribution in [0.15, 0.2) is 47.1 Å². The van der Waals surface area contributed by atoms with Gasteiger partial charge in [-0.05, 0) is 62.2 Å². The predicted molar refractivity (Wildman–Crippen MR) is 115 cm³/mol. The van der Waals surface area contributed by atoms with Crippen LogP contribution < -0.4 is 9.47 Å². The Morgan fingerprint density at radius 3 is 2.59 bits per heavy atom. The molecule has 2 aromatic carbocycles. The Morgan fingerprint density at radius 2 is 1.90 bits per heavy atom. The van der Waals surface area contributed by atoms with Gasteiger partial charge in [-0.3, -0.25) is 0 Å². The van der Waals surface area contributed by atoms with Crippen molar-refractivity contribution in [1.29, 1.82) is 0 Å². The number of carbonyl (C=O) groups is 1. The minimum absolute atomic E-state index is 0.0709. The Bertz CT molecular complexity index is 985. The van der Waals surface area contributed by atoms with Crippen molar-refractivity contribution in [3.05, 3.63) is 63.3 Å². The van der Waals surface area contributed by atoms with E-state index in [0.717, 1.165) is 12.0 Å². The molecule has 1 aliphatic heterocycles. The number of halogens is 2. The summed E-state index contributed by atoms with van der Waals surface area (Å²) in [5.41, 5.74) is 1.50. The van der Waals surface area contributed by atoms with E-state index in [1.165, 1.54) is 0 Å². The SMILES string of the molecule is CCOc1cc(/C=C2\N=C(c3ccc(Cl)c(Cl)c3)OC2=O)ccc1OC(C)CC. The van der Waals surface area contributed by atoms with Gasteiger partial charge in [-0.1, -0.05) is 36.2 Å². The van der Waals surface area contributed by atoms with Gasteiger partial charge in [0, 0.05) is 5.56 Å². The van der Waals surface area contributed by atoms with E-state index in [9.17, 15) is 4.79 Å². The number of carbonyl (C=O) groups excluding carboxylic acids is 1. The number of benzene rings is 2. The molecule has 0 aromatic heterocycles. The maximum atomic E-state index is 12.3. The second kappa shape index (κ2) is 9.33. The van der Waals surface area contributed by atoms with Crippen LogP contribution in [0.2, 0.25) is 10.0 Å². The first-order chi connectivity index (χ1) is 13.9. The fraction of sp³-hybridized carbons (Fsp3) is 0.273. The van der Waals surface area contributed by atoms with Gasteiger partial charge in [0.15, 0.2) is 17.2 Å². The lowest BCUT2D eigenvalue weighted by Gasteiger charge is -2.16. The van der Waals surface area contributed by atoms with E-state index in [-0.39, 0.29) is 17.7 Å². The van der Waals surface area contributed by atoms with Crippen molar-refractivity contribution in [2.45, 2.75) is 33.3 Å². The average Bonchev–Trinajstić information content (AvgIpc) is 3.06. The van der Waals surface area contributed by atoms with E-state index in [1.54, 1.807) is 24.3 Å². The molecule has 0 spiro atoms. The minimum Gasteiger partial charge on any atom is -0.490 e. The third-order valence-electron chi connectivity index (χ3n) is 4.26. The molecular formula is C22H21Cl2NO4. The smallest absolute Gasteiger partial charge is 0.363 e. The number of hydrogen-bond acceptors (Lipinski definition) is 5. The molecule has 3 rings (SSSR count). The Kier molecular flexibility index (Phi) is 6.83. The van der Waals surface area contributed by atoms with E-state index >= 15 is 0 Å². The number of esters is 1. The van der Waals surface area contributed by atoms with E-state index < -0.39 is 5.97 Å². The van der Waals surface area contributed by atoms with Crippen molar-refractivity contribution in [3.8, 4) is 11.5 Å². The molecule has 0 amide bonds.